The molecular weight excluding hydrogens is 342 g/mol. The number of carbonyl (C=O) groups excluding carboxylic acids is 1. The normalized spacial score (nSPS) is 16.7. The van der Waals surface area contributed by atoms with E-state index in [1.807, 2.05) is 6.07 Å². The Morgan fingerprint density at radius 3 is 3.08 bits per heavy atom. The Morgan fingerprint density at radius 1 is 1.56 bits per heavy atom. The number of benzene rings is 1. The van der Waals surface area contributed by atoms with Gasteiger partial charge in [-0.25, -0.2) is 9.78 Å². The van der Waals surface area contributed by atoms with E-state index in [1.165, 1.54) is 24.9 Å². The van der Waals surface area contributed by atoms with Gasteiger partial charge in [0.15, 0.2) is 5.16 Å². The maximum Gasteiger partial charge on any atom is 0.337 e. The van der Waals surface area contributed by atoms with E-state index in [0.717, 1.165) is 12.8 Å². The molecule has 1 aliphatic rings. The van der Waals surface area contributed by atoms with Crippen LogP contribution in [-0.2, 0) is 16.0 Å². The maximum atomic E-state index is 12.9. The number of fused-ring (bicyclic) bond motifs is 1. The molecular formula is C17H17N3O4S. The van der Waals surface area contributed by atoms with E-state index in [4.69, 9.17) is 14.7 Å². The Balaban J connectivity index is 2.09. The Kier molecular flexibility index (Phi) is 5.36. The van der Waals surface area contributed by atoms with Crippen molar-refractivity contribution in [2.75, 3.05) is 19.5 Å². The lowest BCUT2D eigenvalue weighted by molar-refractivity contribution is 0.0601. The lowest BCUT2D eigenvalue weighted by Crippen LogP contribution is -2.29. The predicted octanol–water partition coefficient (Wildman–Crippen LogP) is 1.98. The van der Waals surface area contributed by atoms with Crippen molar-refractivity contribution in [3.05, 3.63) is 34.1 Å². The zero-order chi connectivity index (χ0) is 17.8. The summed E-state index contributed by atoms with van der Waals surface area (Å²) in [5, 5.41) is 9.74. The SMILES string of the molecule is COC(=O)c1ccc2c(=O)n(C[C@H]3CCCO3)c(SCC#N)nc2c1. The number of methoxy groups -OCH3 is 1. The van der Waals surface area contributed by atoms with Crippen LogP contribution in [-0.4, -0.2) is 41.1 Å². The van der Waals surface area contributed by atoms with Gasteiger partial charge in [0.05, 0.1) is 48.0 Å². The fourth-order valence-corrected chi connectivity index (χ4v) is 3.48. The minimum absolute atomic E-state index is 0.0206. The molecule has 25 heavy (non-hydrogen) atoms. The lowest BCUT2D eigenvalue weighted by Gasteiger charge is -2.16. The number of esters is 1. The summed E-state index contributed by atoms with van der Waals surface area (Å²) in [5.41, 5.74) is 0.546. The van der Waals surface area contributed by atoms with E-state index in [0.29, 0.717) is 34.8 Å². The molecule has 0 spiro atoms. The van der Waals surface area contributed by atoms with Crippen LogP contribution in [0.4, 0.5) is 0 Å². The second-order valence-corrected chi connectivity index (χ2v) is 6.56. The molecule has 2 aromatic rings. The number of aromatic nitrogens is 2. The quantitative estimate of drug-likeness (QED) is 0.458. The van der Waals surface area contributed by atoms with Crippen molar-refractivity contribution in [1.29, 1.82) is 5.26 Å². The standard InChI is InChI=1S/C17H17N3O4S/c1-23-16(22)11-4-5-13-14(9-11)19-17(25-8-6-18)20(15(13)21)10-12-3-2-7-24-12/h4-5,9,12H,2-3,7-8,10H2,1H3/t12-/m1/s1. The Morgan fingerprint density at radius 2 is 2.40 bits per heavy atom. The van der Waals surface area contributed by atoms with Crippen LogP contribution >= 0.6 is 11.8 Å². The molecule has 0 N–H and O–H groups in total. The Bertz CT molecular complexity index is 897. The summed E-state index contributed by atoms with van der Waals surface area (Å²) in [6.07, 6.45) is 1.85. The molecule has 1 aromatic carbocycles. The van der Waals surface area contributed by atoms with Crippen molar-refractivity contribution < 1.29 is 14.3 Å². The van der Waals surface area contributed by atoms with E-state index in [-0.39, 0.29) is 17.4 Å². The van der Waals surface area contributed by atoms with Crippen LogP contribution in [0.15, 0.2) is 28.2 Å². The zero-order valence-corrected chi connectivity index (χ0v) is 14.5. The first kappa shape index (κ1) is 17.5. The van der Waals surface area contributed by atoms with Crippen molar-refractivity contribution in [1.82, 2.24) is 9.55 Å². The van der Waals surface area contributed by atoms with Gasteiger partial charge in [-0.15, -0.1) is 0 Å². The average molecular weight is 359 g/mol. The molecule has 0 aliphatic carbocycles. The molecule has 2 heterocycles. The van der Waals surface area contributed by atoms with Gasteiger partial charge in [-0.3, -0.25) is 9.36 Å². The molecule has 7 nitrogen and oxygen atoms in total. The minimum Gasteiger partial charge on any atom is -0.465 e. The molecule has 1 aliphatic heterocycles. The van der Waals surface area contributed by atoms with E-state index < -0.39 is 5.97 Å². The maximum absolute atomic E-state index is 12.9. The summed E-state index contributed by atoms with van der Waals surface area (Å²) in [6, 6.07) is 6.72. The van der Waals surface area contributed by atoms with Crippen LogP contribution in [0, 0.1) is 11.3 Å². The van der Waals surface area contributed by atoms with E-state index >= 15 is 0 Å². The summed E-state index contributed by atoms with van der Waals surface area (Å²) in [6.45, 7) is 1.11. The second-order valence-electron chi connectivity index (χ2n) is 5.62. The molecule has 1 saturated heterocycles. The van der Waals surface area contributed by atoms with Crippen LogP contribution in [0.2, 0.25) is 0 Å². The predicted molar refractivity (Wildman–Crippen MR) is 92.7 cm³/mol. The van der Waals surface area contributed by atoms with Crippen LogP contribution in [0.1, 0.15) is 23.2 Å². The summed E-state index contributed by atoms with van der Waals surface area (Å²) in [5.74, 6) is -0.307. The number of rotatable bonds is 5. The first-order chi connectivity index (χ1) is 12.1. The molecule has 0 amide bonds. The highest BCUT2D eigenvalue weighted by Gasteiger charge is 2.20. The first-order valence-corrected chi connectivity index (χ1v) is 8.87. The fourth-order valence-electron chi connectivity index (χ4n) is 2.81. The highest BCUT2D eigenvalue weighted by Crippen LogP contribution is 2.21. The number of nitriles is 1. The third-order valence-electron chi connectivity index (χ3n) is 4.02. The zero-order valence-electron chi connectivity index (χ0n) is 13.7. The van der Waals surface area contributed by atoms with Crippen molar-refractivity contribution in [2.24, 2.45) is 0 Å². The summed E-state index contributed by atoms with van der Waals surface area (Å²) < 4.78 is 11.9. The Hall–Kier alpha value is -2.37. The van der Waals surface area contributed by atoms with Gasteiger partial charge in [-0.05, 0) is 31.0 Å². The third-order valence-corrected chi connectivity index (χ3v) is 4.86. The summed E-state index contributed by atoms with van der Waals surface area (Å²) >= 11 is 1.20. The minimum atomic E-state index is -0.488. The number of ether oxygens (including phenoxy) is 2. The largest absolute Gasteiger partial charge is 0.465 e. The Labute approximate surface area is 148 Å². The number of carbonyl (C=O) groups is 1. The number of nitrogens with zero attached hydrogens (tertiary/aromatic N) is 3. The molecule has 3 rings (SSSR count). The third kappa shape index (κ3) is 3.67. The van der Waals surface area contributed by atoms with Gasteiger partial charge >= 0.3 is 5.97 Å². The van der Waals surface area contributed by atoms with Gasteiger partial charge < -0.3 is 9.47 Å². The molecule has 8 heteroatoms. The molecule has 0 unspecified atom stereocenters. The van der Waals surface area contributed by atoms with Crippen LogP contribution < -0.4 is 5.56 Å². The van der Waals surface area contributed by atoms with Crippen molar-refractivity contribution >= 4 is 28.6 Å². The first-order valence-electron chi connectivity index (χ1n) is 7.88. The van der Waals surface area contributed by atoms with Crippen LogP contribution in [0.3, 0.4) is 0 Å². The van der Waals surface area contributed by atoms with Gasteiger partial charge in [0.2, 0.25) is 0 Å². The molecule has 130 valence electrons. The van der Waals surface area contributed by atoms with Gasteiger partial charge in [-0.1, -0.05) is 11.8 Å². The number of hydrogen-bond donors (Lipinski definition) is 0. The van der Waals surface area contributed by atoms with Crippen LogP contribution in [0.25, 0.3) is 10.9 Å². The second kappa shape index (κ2) is 7.68. The monoisotopic (exact) mass is 359 g/mol. The molecule has 1 aromatic heterocycles. The van der Waals surface area contributed by atoms with Crippen molar-refractivity contribution in [3.8, 4) is 6.07 Å². The summed E-state index contributed by atoms with van der Waals surface area (Å²) in [4.78, 5) is 29.1. The van der Waals surface area contributed by atoms with Crippen molar-refractivity contribution in [2.45, 2.75) is 30.6 Å². The van der Waals surface area contributed by atoms with Gasteiger partial charge in [-0.2, -0.15) is 5.26 Å². The van der Waals surface area contributed by atoms with Crippen molar-refractivity contribution in [3.63, 3.8) is 0 Å². The molecule has 1 atom stereocenters. The lowest BCUT2D eigenvalue weighted by atomic mass is 10.1. The molecule has 0 bridgehead atoms. The summed E-state index contributed by atoms with van der Waals surface area (Å²) in [7, 11) is 1.30. The van der Waals surface area contributed by atoms with Gasteiger partial charge in [0.25, 0.3) is 5.56 Å². The van der Waals surface area contributed by atoms with E-state index in [1.54, 1.807) is 16.7 Å². The van der Waals surface area contributed by atoms with E-state index in [9.17, 15) is 9.59 Å². The molecule has 0 saturated carbocycles. The smallest absolute Gasteiger partial charge is 0.337 e. The number of thioether (sulfide) groups is 1. The van der Waals surface area contributed by atoms with Gasteiger partial charge in [0, 0.05) is 6.61 Å². The van der Waals surface area contributed by atoms with Crippen LogP contribution in [0.5, 0.6) is 0 Å². The molecule has 0 radical (unpaired) electrons. The number of hydrogen-bond acceptors (Lipinski definition) is 7. The highest BCUT2D eigenvalue weighted by molar-refractivity contribution is 7.99. The topological polar surface area (TPSA) is 94.2 Å². The van der Waals surface area contributed by atoms with E-state index in [2.05, 4.69) is 4.98 Å². The highest BCUT2D eigenvalue weighted by atomic mass is 32.2. The average Bonchev–Trinajstić information content (AvgIpc) is 3.14. The fraction of sp³-hybridized carbons (Fsp3) is 0.412. The molecule has 1 fully saturated rings. The van der Waals surface area contributed by atoms with Gasteiger partial charge in [0.1, 0.15) is 0 Å².